The first kappa shape index (κ1) is 13.6. The second kappa shape index (κ2) is 6.36. The van der Waals surface area contributed by atoms with Gasteiger partial charge in [-0.3, -0.25) is 0 Å². The number of ether oxygens (including phenoxy) is 1. The van der Waals surface area contributed by atoms with Crippen LogP contribution in [0.15, 0.2) is 12.3 Å². The van der Waals surface area contributed by atoms with Gasteiger partial charge >= 0.3 is 0 Å². The van der Waals surface area contributed by atoms with Crippen LogP contribution in [0.5, 0.6) is 0 Å². The van der Waals surface area contributed by atoms with E-state index in [-0.39, 0.29) is 6.04 Å². The van der Waals surface area contributed by atoms with Gasteiger partial charge in [-0.2, -0.15) is 0 Å². The molecule has 1 aliphatic heterocycles. The minimum atomic E-state index is 0.213. The van der Waals surface area contributed by atoms with Gasteiger partial charge in [0.05, 0.1) is 5.02 Å². The molecule has 1 fully saturated rings. The molecule has 0 bridgehead atoms. The maximum Gasteiger partial charge on any atom is 0.128 e. The fourth-order valence-corrected chi connectivity index (χ4v) is 2.68. The number of nitrogens with two attached hydrogens (primary N) is 1. The van der Waals surface area contributed by atoms with Crippen molar-refractivity contribution in [1.82, 2.24) is 10.3 Å². The molecular formula is C13H20ClN3O. The van der Waals surface area contributed by atoms with E-state index in [4.69, 9.17) is 22.1 Å². The maximum absolute atomic E-state index is 6.03. The molecule has 1 unspecified atom stereocenters. The minimum absolute atomic E-state index is 0.213. The summed E-state index contributed by atoms with van der Waals surface area (Å²) in [5.74, 6) is 1.10. The van der Waals surface area contributed by atoms with E-state index in [1.54, 1.807) is 6.20 Å². The topological polar surface area (TPSA) is 60.2 Å². The Labute approximate surface area is 113 Å². The van der Waals surface area contributed by atoms with Crippen LogP contribution >= 0.6 is 11.6 Å². The molecule has 100 valence electrons. The van der Waals surface area contributed by atoms with Gasteiger partial charge in [-0.15, -0.1) is 0 Å². The van der Waals surface area contributed by atoms with Crippen LogP contribution in [0, 0.1) is 5.92 Å². The molecule has 1 aliphatic rings. The first-order valence-corrected chi connectivity index (χ1v) is 6.82. The molecule has 1 saturated heterocycles. The highest BCUT2D eigenvalue weighted by Gasteiger charge is 2.26. The lowest BCUT2D eigenvalue weighted by Crippen LogP contribution is -2.32. The van der Waals surface area contributed by atoms with Crippen molar-refractivity contribution in [1.29, 1.82) is 0 Å². The molecule has 1 aromatic heterocycles. The molecule has 1 aromatic rings. The fraction of sp³-hybridized carbons (Fsp3) is 0.615. The van der Waals surface area contributed by atoms with Gasteiger partial charge in [0.15, 0.2) is 0 Å². The van der Waals surface area contributed by atoms with Gasteiger partial charge in [-0.25, -0.2) is 4.98 Å². The number of nitrogens with one attached hydrogen (secondary N) is 1. The minimum Gasteiger partial charge on any atom is -0.383 e. The number of hydrogen-bond donors (Lipinski definition) is 2. The van der Waals surface area contributed by atoms with Crippen molar-refractivity contribution in [3.05, 3.63) is 22.8 Å². The number of rotatable bonds is 4. The highest BCUT2D eigenvalue weighted by Crippen LogP contribution is 2.33. The Hall–Kier alpha value is -0.840. The Bertz CT molecular complexity index is 394. The lowest BCUT2D eigenvalue weighted by molar-refractivity contribution is 0.0539. The van der Waals surface area contributed by atoms with Crippen molar-refractivity contribution in [2.45, 2.75) is 25.8 Å². The molecule has 18 heavy (non-hydrogen) atoms. The zero-order chi connectivity index (χ0) is 13.0. The van der Waals surface area contributed by atoms with E-state index < -0.39 is 0 Å². The van der Waals surface area contributed by atoms with Crippen LogP contribution in [-0.4, -0.2) is 24.7 Å². The fourth-order valence-electron chi connectivity index (χ4n) is 2.51. The molecular weight excluding hydrogens is 250 g/mol. The summed E-state index contributed by atoms with van der Waals surface area (Å²) in [7, 11) is 0. The average molecular weight is 270 g/mol. The van der Waals surface area contributed by atoms with Gasteiger partial charge in [0, 0.05) is 31.0 Å². The first-order valence-electron chi connectivity index (χ1n) is 6.44. The molecule has 2 heterocycles. The molecule has 0 saturated carbocycles. The number of anilines is 1. The van der Waals surface area contributed by atoms with Crippen LogP contribution in [0.2, 0.25) is 5.02 Å². The molecule has 0 spiro atoms. The molecule has 4 nitrogen and oxygen atoms in total. The van der Waals surface area contributed by atoms with Gasteiger partial charge in [0.1, 0.15) is 5.82 Å². The predicted molar refractivity (Wildman–Crippen MR) is 73.6 cm³/mol. The normalized spacial score (nSPS) is 18.8. The molecule has 2 rings (SSSR count). The Morgan fingerprint density at radius 3 is 2.94 bits per heavy atom. The Morgan fingerprint density at radius 1 is 1.56 bits per heavy atom. The van der Waals surface area contributed by atoms with E-state index in [9.17, 15) is 0 Å². The van der Waals surface area contributed by atoms with E-state index in [1.807, 2.05) is 6.07 Å². The van der Waals surface area contributed by atoms with Crippen LogP contribution in [0.25, 0.3) is 0 Å². The maximum atomic E-state index is 6.03. The predicted octanol–water partition coefficient (Wildman–Crippen LogP) is 2.39. The summed E-state index contributed by atoms with van der Waals surface area (Å²) in [5, 5.41) is 4.14. The number of aromatic nitrogens is 1. The van der Waals surface area contributed by atoms with Crippen LogP contribution in [0.4, 0.5) is 5.82 Å². The second-order valence-electron chi connectivity index (χ2n) is 4.61. The number of halogens is 1. The van der Waals surface area contributed by atoms with Crippen molar-refractivity contribution >= 4 is 17.4 Å². The first-order chi connectivity index (χ1) is 8.72. The average Bonchev–Trinajstić information content (AvgIpc) is 2.40. The second-order valence-corrected chi connectivity index (χ2v) is 5.05. The zero-order valence-electron chi connectivity index (χ0n) is 10.7. The van der Waals surface area contributed by atoms with Gasteiger partial charge in [-0.05, 0) is 31.4 Å². The zero-order valence-corrected chi connectivity index (χ0v) is 11.4. The summed E-state index contributed by atoms with van der Waals surface area (Å²) >= 11 is 6.03. The largest absolute Gasteiger partial charge is 0.383 e. The highest BCUT2D eigenvalue weighted by atomic mass is 35.5. The van der Waals surface area contributed by atoms with Crippen LogP contribution < -0.4 is 11.1 Å². The summed E-state index contributed by atoms with van der Waals surface area (Å²) < 4.78 is 5.42. The molecule has 3 N–H and O–H groups in total. The van der Waals surface area contributed by atoms with E-state index in [2.05, 4.69) is 17.2 Å². The van der Waals surface area contributed by atoms with Crippen molar-refractivity contribution in [2.24, 2.45) is 5.92 Å². The third kappa shape index (κ3) is 3.13. The number of hydrogen-bond acceptors (Lipinski definition) is 4. The summed E-state index contributed by atoms with van der Waals surface area (Å²) in [6.45, 7) is 4.63. The standard InChI is InChI=1S/C13H20ClN3O/c1-2-16-12(9-3-5-18-6-4-9)11-7-10(14)8-17-13(11)15/h7-9,12,16H,2-6H2,1H3,(H2,15,17). The smallest absolute Gasteiger partial charge is 0.128 e. The molecule has 0 radical (unpaired) electrons. The van der Waals surface area contributed by atoms with Gasteiger partial charge in [0.2, 0.25) is 0 Å². The lowest BCUT2D eigenvalue weighted by Gasteiger charge is -2.31. The van der Waals surface area contributed by atoms with Crippen LogP contribution in [0.3, 0.4) is 0 Å². The lowest BCUT2D eigenvalue weighted by atomic mass is 9.87. The van der Waals surface area contributed by atoms with Crippen molar-refractivity contribution < 1.29 is 4.74 Å². The molecule has 0 aromatic carbocycles. The number of nitrogen functional groups attached to an aromatic ring is 1. The summed E-state index contributed by atoms with van der Waals surface area (Å²) in [6, 6.07) is 2.14. The summed E-state index contributed by atoms with van der Waals surface area (Å²) in [4.78, 5) is 4.15. The Kier molecular flexibility index (Phi) is 4.80. The van der Waals surface area contributed by atoms with E-state index in [0.717, 1.165) is 38.2 Å². The third-order valence-corrected chi connectivity index (χ3v) is 3.62. The molecule has 1 atom stereocenters. The van der Waals surface area contributed by atoms with Crippen molar-refractivity contribution in [2.75, 3.05) is 25.5 Å². The van der Waals surface area contributed by atoms with Gasteiger partial charge < -0.3 is 15.8 Å². The SMILES string of the molecule is CCNC(c1cc(Cl)cnc1N)C1CCOCC1. The third-order valence-electron chi connectivity index (χ3n) is 3.41. The quantitative estimate of drug-likeness (QED) is 0.881. The van der Waals surface area contributed by atoms with E-state index in [0.29, 0.717) is 16.8 Å². The van der Waals surface area contributed by atoms with Crippen molar-refractivity contribution in [3.8, 4) is 0 Å². The summed E-state index contributed by atoms with van der Waals surface area (Å²) in [5.41, 5.74) is 7.00. The Morgan fingerprint density at radius 2 is 2.28 bits per heavy atom. The van der Waals surface area contributed by atoms with Crippen LogP contribution in [-0.2, 0) is 4.74 Å². The van der Waals surface area contributed by atoms with E-state index in [1.165, 1.54) is 0 Å². The van der Waals surface area contributed by atoms with Gasteiger partial charge in [-0.1, -0.05) is 18.5 Å². The molecule has 5 heteroatoms. The molecule has 0 aliphatic carbocycles. The Balaban J connectivity index is 2.24. The van der Waals surface area contributed by atoms with Gasteiger partial charge in [0.25, 0.3) is 0 Å². The monoisotopic (exact) mass is 269 g/mol. The van der Waals surface area contributed by atoms with E-state index >= 15 is 0 Å². The summed E-state index contributed by atoms with van der Waals surface area (Å²) in [6.07, 6.45) is 3.68. The van der Waals surface area contributed by atoms with Crippen LogP contribution in [0.1, 0.15) is 31.4 Å². The molecule has 0 amide bonds. The number of nitrogens with zero attached hydrogens (tertiary/aromatic N) is 1. The highest BCUT2D eigenvalue weighted by molar-refractivity contribution is 6.30. The number of pyridine rings is 1. The van der Waals surface area contributed by atoms with Crippen molar-refractivity contribution in [3.63, 3.8) is 0 Å².